The smallest absolute Gasteiger partial charge is 0.243 e. The molecule has 2 aromatic carbocycles. The molecule has 12 heteroatoms. The highest BCUT2D eigenvalue weighted by Gasteiger charge is 2.40. The monoisotopic (exact) mass is 550 g/mol. The van der Waals surface area contributed by atoms with E-state index < -0.39 is 12.0 Å². The van der Waals surface area contributed by atoms with Crippen LogP contribution in [0.25, 0.3) is 6.08 Å². The van der Waals surface area contributed by atoms with Gasteiger partial charge in [0, 0.05) is 37.8 Å². The van der Waals surface area contributed by atoms with Gasteiger partial charge in [0.2, 0.25) is 11.8 Å². The third-order valence-electron chi connectivity index (χ3n) is 6.21. The molecule has 3 rings (SSSR count). The molecule has 0 fully saturated rings. The number of rotatable bonds is 14. The van der Waals surface area contributed by atoms with Gasteiger partial charge in [-0.2, -0.15) is 0 Å². The number of phenolic OH excluding ortho intramolecular Hbond substituents is 1. The maximum Gasteiger partial charge on any atom is 0.243 e. The number of hydrogen-bond donors (Lipinski definition) is 7. The van der Waals surface area contributed by atoms with Gasteiger partial charge in [0.25, 0.3) is 0 Å². The van der Waals surface area contributed by atoms with Gasteiger partial charge in [0.1, 0.15) is 23.5 Å². The van der Waals surface area contributed by atoms with Gasteiger partial charge in [-0.25, -0.2) is 0 Å². The first kappa shape index (κ1) is 29.8. The standard InChI is InChI=1S/C28H38N8O4/c29-27(30)35-15-3-1-13-33-23(38)12-6-18-5-11-22-21(17-18)24(25(40-22)19-7-9-20(37)10-8-19)26(39)34-14-2-4-16-36-28(31)32/h5-12,17,24-25,37H,1-4,13-16H2,(H,33,38)(H,34,39)(H4,29,30,35)(H4,31,32,36)/b12-6+/t24-,25-/m1/s1. The number of carbonyl (C=O) groups excluding carboxylic acids is 2. The van der Waals surface area contributed by atoms with Crippen LogP contribution in [0.1, 0.15) is 54.4 Å². The third kappa shape index (κ3) is 9.22. The van der Waals surface area contributed by atoms with E-state index >= 15 is 0 Å². The summed E-state index contributed by atoms with van der Waals surface area (Å²) in [6.07, 6.45) is 5.52. The van der Waals surface area contributed by atoms with E-state index in [4.69, 9.17) is 27.7 Å². The number of nitrogens with zero attached hydrogens (tertiary/aromatic N) is 2. The number of benzene rings is 2. The average Bonchev–Trinajstić information content (AvgIpc) is 3.30. The fraction of sp³-hybridized carbons (Fsp3) is 0.357. The number of ether oxygens (including phenoxy) is 1. The van der Waals surface area contributed by atoms with Crippen LogP contribution in [0.3, 0.4) is 0 Å². The van der Waals surface area contributed by atoms with Gasteiger partial charge in [-0.3, -0.25) is 19.6 Å². The van der Waals surface area contributed by atoms with E-state index in [0.717, 1.165) is 36.0 Å². The predicted molar refractivity (Wildman–Crippen MR) is 156 cm³/mol. The van der Waals surface area contributed by atoms with E-state index in [9.17, 15) is 14.7 Å². The van der Waals surface area contributed by atoms with Crippen molar-refractivity contribution in [2.45, 2.75) is 37.7 Å². The van der Waals surface area contributed by atoms with Gasteiger partial charge in [0.05, 0.1) is 0 Å². The average molecular weight is 551 g/mol. The molecule has 0 unspecified atom stereocenters. The zero-order chi connectivity index (χ0) is 28.9. The van der Waals surface area contributed by atoms with Crippen LogP contribution in [-0.2, 0) is 9.59 Å². The molecule has 1 aliphatic rings. The molecular weight excluding hydrogens is 512 g/mol. The minimum atomic E-state index is -0.621. The number of guanidine groups is 2. The first-order chi connectivity index (χ1) is 19.2. The molecule has 0 aromatic heterocycles. The van der Waals surface area contributed by atoms with Crippen LogP contribution in [-0.4, -0.2) is 55.0 Å². The topological polar surface area (TPSA) is 216 Å². The summed E-state index contributed by atoms with van der Waals surface area (Å²) in [5, 5.41) is 15.5. The lowest BCUT2D eigenvalue weighted by Crippen LogP contribution is -2.32. The van der Waals surface area contributed by atoms with Crippen molar-refractivity contribution in [1.82, 2.24) is 10.6 Å². The molecule has 11 N–H and O–H groups in total. The molecule has 0 saturated carbocycles. The van der Waals surface area contributed by atoms with E-state index in [-0.39, 0.29) is 29.5 Å². The Bertz CT molecular complexity index is 1240. The van der Waals surface area contributed by atoms with Crippen molar-refractivity contribution in [2.75, 3.05) is 26.2 Å². The molecule has 1 aliphatic heterocycles. The molecule has 12 nitrogen and oxygen atoms in total. The Kier molecular flexibility index (Phi) is 11.2. The number of nitrogens with one attached hydrogen (secondary N) is 2. The summed E-state index contributed by atoms with van der Waals surface area (Å²) >= 11 is 0. The Morgan fingerprint density at radius 2 is 1.50 bits per heavy atom. The lowest BCUT2D eigenvalue weighted by molar-refractivity contribution is -0.124. The van der Waals surface area contributed by atoms with Crippen LogP contribution in [0.5, 0.6) is 11.5 Å². The minimum absolute atomic E-state index is 0.0438. The fourth-order valence-electron chi connectivity index (χ4n) is 4.25. The van der Waals surface area contributed by atoms with Gasteiger partial charge in [-0.1, -0.05) is 18.2 Å². The maximum absolute atomic E-state index is 13.4. The molecule has 0 saturated heterocycles. The summed E-state index contributed by atoms with van der Waals surface area (Å²) in [6.45, 7) is 1.97. The number of carbonyl (C=O) groups is 2. The number of amides is 2. The summed E-state index contributed by atoms with van der Waals surface area (Å²) in [5.74, 6) is -0.213. The van der Waals surface area contributed by atoms with Crippen LogP contribution in [0, 0.1) is 0 Å². The molecule has 2 atom stereocenters. The van der Waals surface area contributed by atoms with Crippen LogP contribution in [0.2, 0.25) is 0 Å². The number of nitrogens with two attached hydrogens (primary N) is 4. The third-order valence-corrected chi connectivity index (χ3v) is 6.21. The second kappa shape index (κ2) is 15.0. The van der Waals surface area contributed by atoms with Crippen LogP contribution >= 0.6 is 0 Å². The zero-order valence-corrected chi connectivity index (χ0v) is 22.4. The summed E-state index contributed by atoms with van der Waals surface area (Å²) in [7, 11) is 0. The number of aromatic hydroxyl groups is 1. The minimum Gasteiger partial charge on any atom is -0.508 e. The fourth-order valence-corrected chi connectivity index (χ4v) is 4.25. The summed E-state index contributed by atoms with van der Waals surface area (Å²) in [5.41, 5.74) is 23.5. The molecular formula is C28H38N8O4. The van der Waals surface area contributed by atoms with Gasteiger partial charge >= 0.3 is 0 Å². The van der Waals surface area contributed by atoms with Gasteiger partial charge in [0.15, 0.2) is 11.9 Å². The molecule has 0 aliphatic carbocycles. The molecule has 0 radical (unpaired) electrons. The number of unbranched alkanes of at least 4 members (excludes halogenated alkanes) is 2. The van der Waals surface area contributed by atoms with Crippen molar-refractivity contribution < 1.29 is 19.4 Å². The van der Waals surface area contributed by atoms with Gasteiger partial charge in [-0.05, 0) is 67.2 Å². The largest absolute Gasteiger partial charge is 0.508 e. The molecule has 40 heavy (non-hydrogen) atoms. The number of phenols is 1. The lowest BCUT2D eigenvalue weighted by atomic mass is 9.89. The van der Waals surface area contributed by atoms with Gasteiger partial charge in [-0.15, -0.1) is 0 Å². The van der Waals surface area contributed by atoms with Crippen LogP contribution in [0.15, 0.2) is 58.5 Å². The van der Waals surface area contributed by atoms with Crippen molar-refractivity contribution >= 4 is 29.8 Å². The number of fused-ring (bicyclic) bond motifs is 1. The molecule has 0 spiro atoms. The van der Waals surface area contributed by atoms with Crippen molar-refractivity contribution in [3.05, 3.63) is 65.2 Å². The molecule has 0 bridgehead atoms. The van der Waals surface area contributed by atoms with Crippen molar-refractivity contribution in [1.29, 1.82) is 0 Å². The quantitative estimate of drug-likeness (QED) is 0.0776. The molecule has 2 aromatic rings. The van der Waals surface area contributed by atoms with Gasteiger partial charge < -0.3 is 43.4 Å². The number of aliphatic imine (C=N–C) groups is 2. The predicted octanol–water partition coefficient (Wildman–Crippen LogP) is 0.962. The molecule has 2 amide bonds. The Morgan fingerprint density at radius 1 is 0.875 bits per heavy atom. The zero-order valence-electron chi connectivity index (χ0n) is 22.4. The Labute approximate surface area is 233 Å². The number of hydrogen-bond acceptors (Lipinski definition) is 6. The molecule has 214 valence electrons. The summed E-state index contributed by atoms with van der Waals surface area (Å²) in [6, 6.07) is 12.1. The van der Waals surface area contributed by atoms with E-state index in [0.29, 0.717) is 38.3 Å². The lowest BCUT2D eigenvalue weighted by Gasteiger charge is -2.19. The first-order valence-electron chi connectivity index (χ1n) is 13.2. The van der Waals surface area contributed by atoms with E-state index in [1.807, 2.05) is 12.1 Å². The van der Waals surface area contributed by atoms with E-state index in [1.165, 1.54) is 6.08 Å². The highest BCUT2D eigenvalue weighted by atomic mass is 16.5. The SMILES string of the molecule is NC(N)=NCCCCNC(=O)/C=C/c1ccc2c(c1)[C@@H](C(=O)NCCCCN=C(N)N)[C@@H](c1ccc(O)cc1)O2. The van der Waals surface area contributed by atoms with E-state index in [2.05, 4.69) is 20.6 Å². The second-order valence-electron chi connectivity index (χ2n) is 9.35. The Balaban J connectivity index is 1.67. The Hall–Kier alpha value is -4.74. The maximum atomic E-state index is 13.4. The normalized spacial score (nSPS) is 15.6. The van der Waals surface area contributed by atoms with Crippen molar-refractivity contribution in [3.63, 3.8) is 0 Å². The van der Waals surface area contributed by atoms with Crippen LogP contribution < -0.4 is 38.3 Å². The summed E-state index contributed by atoms with van der Waals surface area (Å²) < 4.78 is 6.20. The highest BCUT2D eigenvalue weighted by molar-refractivity contribution is 5.92. The summed E-state index contributed by atoms with van der Waals surface area (Å²) in [4.78, 5) is 33.5. The highest BCUT2D eigenvalue weighted by Crippen LogP contribution is 2.46. The first-order valence-corrected chi connectivity index (χ1v) is 13.2. The van der Waals surface area contributed by atoms with E-state index in [1.54, 1.807) is 36.4 Å². The Morgan fingerprint density at radius 3 is 2.12 bits per heavy atom. The molecule has 1 heterocycles. The van der Waals surface area contributed by atoms with Crippen molar-refractivity contribution in [3.8, 4) is 11.5 Å². The van der Waals surface area contributed by atoms with Crippen molar-refractivity contribution in [2.24, 2.45) is 32.9 Å². The van der Waals surface area contributed by atoms with Crippen LogP contribution in [0.4, 0.5) is 0 Å². The second-order valence-corrected chi connectivity index (χ2v) is 9.35.